The van der Waals surface area contributed by atoms with Gasteiger partial charge in [0.1, 0.15) is 5.01 Å². The third-order valence-corrected chi connectivity index (χ3v) is 5.36. The van der Waals surface area contributed by atoms with E-state index in [1.165, 1.54) is 29.8 Å². The molecule has 162 valence electrons. The van der Waals surface area contributed by atoms with Crippen molar-refractivity contribution in [3.63, 3.8) is 0 Å². The Labute approximate surface area is 181 Å². The van der Waals surface area contributed by atoms with Crippen LogP contribution in [0.15, 0.2) is 54.0 Å². The van der Waals surface area contributed by atoms with Crippen molar-refractivity contribution in [2.24, 2.45) is 16.5 Å². The van der Waals surface area contributed by atoms with Gasteiger partial charge < -0.3 is 16.8 Å². The van der Waals surface area contributed by atoms with Gasteiger partial charge in [0.05, 0.1) is 17.6 Å². The van der Waals surface area contributed by atoms with Crippen LogP contribution in [-0.2, 0) is 12.6 Å². The van der Waals surface area contributed by atoms with Crippen molar-refractivity contribution in [2.75, 3.05) is 11.9 Å². The number of aromatic nitrogens is 2. The lowest BCUT2D eigenvalue weighted by molar-refractivity contribution is -0.137. The lowest BCUT2D eigenvalue weighted by Crippen LogP contribution is -2.31. The zero-order valence-electron chi connectivity index (χ0n) is 16.4. The van der Waals surface area contributed by atoms with Gasteiger partial charge in [0.2, 0.25) is 5.13 Å². The van der Waals surface area contributed by atoms with E-state index in [2.05, 4.69) is 27.1 Å². The first-order chi connectivity index (χ1) is 14.8. The number of rotatable bonds is 8. The quantitative estimate of drug-likeness (QED) is 0.350. The first kappa shape index (κ1) is 22.4. The first-order valence-corrected chi connectivity index (χ1v) is 10.1. The minimum absolute atomic E-state index is 0.301. The summed E-state index contributed by atoms with van der Waals surface area (Å²) in [6.45, 7) is 4.19. The van der Waals surface area contributed by atoms with Gasteiger partial charge in [-0.05, 0) is 42.3 Å². The third-order valence-electron chi connectivity index (χ3n) is 4.43. The monoisotopic (exact) mass is 446 g/mol. The van der Waals surface area contributed by atoms with Crippen LogP contribution < -0.4 is 16.8 Å². The number of nitrogens with two attached hydrogens (primary N) is 2. The molecule has 0 fully saturated rings. The Kier molecular flexibility index (Phi) is 7.03. The Hall–Kier alpha value is -3.24. The van der Waals surface area contributed by atoms with Crippen LogP contribution in [-0.4, -0.2) is 29.1 Å². The topological polar surface area (TPSA) is 102 Å². The number of hydrogen-bond donors (Lipinski definition) is 3. The molecule has 5 N–H and O–H groups in total. The standard InChI is InChI=1S/C21H21F3N6S/c1-2-14-10-15(5-8-18(14)28-12-25)19-29-30-20(31-19)27-11-17(26)9-13-3-6-16(7-4-13)21(22,23)24/h2-8,10,12,17H,1,9,11,26H2,(H2,25,28)(H,27,30)/t17-/m0/s1. The van der Waals surface area contributed by atoms with Crippen LogP contribution in [0.1, 0.15) is 16.7 Å². The van der Waals surface area contributed by atoms with Gasteiger partial charge in [-0.2, -0.15) is 13.2 Å². The van der Waals surface area contributed by atoms with E-state index in [0.717, 1.165) is 28.8 Å². The van der Waals surface area contributed by atoms with Crippen molar-refractivity contribution in [3.8, 4) is 10.6 Å². The smallest absolute Gasteiger partial charge is 0.390 e. The number of nitrogens with zero attached hydrogens (tertiary/aromatic N) is 3. The number of nitrogens with one attached hydrogen (secondary N) is 1. The van der Waals surface area contributed by atoms with Crippen LogP contribution in [0, 0.1) is 0 Å². The predicted octanol–water partition coefficient (Wildman–Crippen LogP) is 4.47. The molecule has 3 rings (SSSR count). The van der Waals surface area contributed by atoms with E-state index in [0.29, 0.717) is 28.8 Å². The summed E-state index contributed by atoms with van der Waals surface area (Å²) in [5, 5.41) is 12.8. The van der Waals surface area contributed by atoms with Crippen LogP contribution in [0.5, 0.6) is 0 Å². The Morgan fingerprint density at radius 1 is 1.16 bits per heavy atom. The molecular weight excluding hydrogens is 425 g/mol. The number of halogens is 3. The van der Waals surface area contributed by atoms with Gasteiger partial charge in [0.15, 0.2) is 0 Å². The van der Waals surface area contributed by atoms with Gasteiger partial charge in [-0.15, -0.1) is 10.2 Å². The molecule has 0 unspecified atom stereocenters. The number of alkyl halides is 3. The van der Waals surface area contributed by atoms with E-state index in [1.54, 1.807) is 6.08 Å². The minimum Gasteiger partial charge on any atom is -0.390 e. The Balaban J connectivity index is 1.59. The van der Waals surface area contributed by atoms with Crippen molar-refractivity contribution >= 4 is 34.6 Å². The molecule has 3 aromatic rings. The van der Waals surface area contributed by atoms with Crippen molar-refractivity contribution < 1.29 is 13.2 Å². The van der Waals surface area contributed by atoms with Crippen molar-refractivity contribution in [2.45, 2.75) is 18.6 Å². The predicted molar refractivity (Wildman–Crippen MR) is 119 cm³/mol. The fourth-order valence-electron chi connectivity index (χ4n) is 2.88. The summed E-state index contributed by atoms with van der Waals surface area (Å²) in [6.07, 6.45) is -1.00. The molecule has 2 aromatic carbocycles. The molecule has 10 heteroatoms. The van der Waals surface area contributed by atoms with Crippen molar-refractivity contribution in [1.82, 2.24) is 10.2 Å². The highest BCUT2D eigenvalue weighted by molar-refractivity contribution is 7.18. The van der Waals surface area contributed by atoms with E-state index in [-0.39, 0.29) is 6.04 Å². The van der Waals surface area contributed by atoms with Crippen molar-refractivity contribution in [3.05, 3.63) is 65.7 Å². The Morgan fingerprint density at radius 3 is 2.55 bits per heavy atom. The minimum atomic E-state index is -4.35. The van der Waals surface area contributed by atoms with E-state index in [1.807, 2.05) is 18.2 Å². The van der Waals surface area contributed by atoms with Crippen molar-refractivity contribution in [1.29, 1.82) is 0 Å². The summed E-state index contributed by atoms with van der Waals surface area (Å²) in [7, 11) is 0. The summed E-state index contributed by atoms with van der Waals surface area (Å²) in [6, 6.07) is 10.3. The number of hydrogen-bond acceptors (Lipinski definition) is 6. The Morgan fingerprint density at radius 2 is 1.90 bits per heavy atom. The molecule has 0 spiro atoms. The molecule has 31 heavy (non-hydrogen) atoms. The normalized spacial score (nSPS) is 12.8. The maximum absolute atomic E-state index is 12.6. The molecule has 1 aromatic heterocycles. The molecule has 0 aliphatic heterocycles. The molecule has 1 heterocycles. The van der Waals surface area contributed by atoms with Gasteiger partial charge in [-0.3, -0.25) is 0 Å². The largest absolute Gasteiger partial charge is 0.416 e. The van der Waals surface area contributed by atoms with E-state index < -0.39 is 11.7 Å². The van der Waals surface area contributed by atoms with Gasteiger partial charge in [0, 0.05) is 23.7 Å². The average Bonchev–Trinajstić information content (AvgIpc) is 3.21. The molecule has 0 saturated carbocycles. The molecule has 0 radical (unpaired) electrons. The van der Waals surface area contributed by atoms with Crippen LogP contribution in [0.2, 0.25) is 0 Å². The molecule has 0 bridgehead atoms. The van der Waals surface area contributed by atoms with E-state index in [9.17, 15) is 13.2 Å². The maximum Gasteiger partial charge on any atom is 0.416 e. The summed E-state index contributed by atoms with van der Waals surface area (Å²) in [5.41, 5.74) is 13.9. The van der Waals surface area contributed by atoms with Gasteiger partial charge in [-0.25, -0.2) is 4.99 Å². The Bertz CT molecular complexity index is 1060. The lowest BCUT2D eigenvalue weighted by Gasteiger charge is -2.13. The SMILES string of the molecule is C=Cc1cc(-c2nnc(NC[C@@H](N)Cc3ccc(C(F)(F)F)cc3)s2)ccc1/N=C\N. The second-order valence-corrected chi connectivity index (χ2v) is 7.69. The second kappa shape index (κ2) is 9.71. The zero-order valence-corrected chi connectivity index (χ0v) is 17.2. The van der Waals surface area contributed by atoms with Crippen LogP contribution in [0.25, 0.3) is 16.6 Å². The fraction of sp³-hybridized carbons (Fsp3) is 0.190. The van der Waals surface area contributed by atoms with E-state index >= 15 is 0 Å². The third kappa shape index (κ3) is 5.89. The maximum atomic E-state index is 12.6. The molecule has 6 nitrogen and oxygen atoms in total. The average molecular weight is 447 g/mol. The molecule has 0 saturated heterocycles. The molecule has 0 aliphatic carbocycles. The second-order valence-electron chi connectivity index (χ2n) is 6.71. The van der Waals surface area contributed by atoms with Gasteiger partial charge >= 0.3 is 6.18 Å². The number of anilines is 1. The molecule has 0 aliphatic rings. The number of aliphatic imine (C=N–C) groups is 1. The van der Waals surface area contributed by atoms with Gasteiger partial charge in [-0.1, -0.05) is 36.1 Å². The zero-order chi connectivity index (χ0) is 22.4. The van der Waals surface area contributed by atoms with E-state index in [4.69, 9.17) is 11.5 Å². The molecule has 1 atom stereocenters. The summed E-state index contributed by atoms with van der Waals surface area (Å²) in [5.74, 6) is 0. The van der Waals surface area contributed by atoms with Gasteiger partial charge in [0.25, 0.3) is 0 Å². The lowest BCUT2D eigenvalue weighted by atomic mass is 10.0. The highest BCUT2D eigenvalue weighted by atomic mass is 32.1. The highest BCUT2D eigenvalue weighted by Gasteiger charge is 2.29. The van der Waals surface area contributed by atoms with Crippen LogP contribution in [0.3, 0.4) is 0 Å². The first-order valence-electron chi connectivity index (χ1n) is 9.30. The summed E-state index contributed by atoms with van der Waals surface area (Å²) in [4.78, 5) is 4.08. The number of benzene rings is 2. The highest BCUT2D eigenvalue weighted by Crippen LogP contribution is 2.31. The summed E-state index contributed by atoms with van der Waals surface area (Å²) >= 11 is 1.37. The molecule has 0 amide bonds. The molecular formula is C21H21F3N6S. The summed E-state index contributed by atoms with van der Waals surface area (Å²) < 4.78 is 37.9. The van der Waals surface area contributed by atoms with Crippen LogP contribution in [0.4, 0.5) is 24.0 Å². The van der Waals surface area contributed by atoms with Crippen LogP contribution >= 0.6 is 11.3 Å². The fourth-order valence-corrected chi connectivity index (χ4v) is 3.63.